The zero-order valence-electron chi connectivity index (χ0n) is 95.5. The molecule has 13 fully saturated rings. The monoisotopic (exact) mass is 2170 g/mol. The number of carbonyl (C=O) groups excluding carboxylic acids is 6. The van der Waals surface area contributed by atoms with E-state index in [1.807, 2.05) is 74.2 Å². The highest BCUT2D eigenvalue weighted by Gasteiger charge is 2.52. The number of hydrazine groups is 1. The van der Waals surface area contributed by atoms with E-state index in [9.17, 15) is 61.2 Å². The zero-order chi connectivity index (χ0) is 115. The molecule has 4 atom stereocenters. The Balaban J connectivity index is -0.000000743. The lowest BCUT2D eigenvalue weighted by atomic mass is 9.73. The average molecular weight is 2170 g/mol. The lowest BCUT2D eigenvalue weighted by Crippen LogP contribution is -2.54. The molecule has 38 N–H and O–H groups in total. The smallest absolute Gasteiger partial charge is 0.311 e. The van der Waals surface area contributed by atoms with Gasteiger partial charge in [0.1, 0.15) is 17.3 Å². The van der Waals surface area contributed by atoms with Gasteiger partial charge in [0.15, 0.2) is 0 Å². The number of ketones is 3. The molecule has 1 spiro atoms. The second kappa shape index (κ2) is 71.6. The van der Waals surface area contributed by atoms with Crippen LogP contribution < -0.4 is 102 Å². The Labute approximate surface area is 888 Å². The van der Waals surface area contributed by atoms with Gasteiger partial charge in [-0.2, -0.15) is 0 Å². The number of ether oxygens (including phenoxy) is 5. The van der Waals surface area contributed by atoms with Gasteiger partial charge in [-0.05, 0) is 298 Å². The molecule has 10 saturated heterocycles. The molecule has 10 aliphatic heterocycles. The van der Waals surface area contributed by atoms with Crippen LogP contribution in [0.2, 0.25) is 0 Å². The fourth-order valence-electron chi connectivity index (χ4n) is 15.2. The minimum absolute atomic E-state index is 0.0537. The number of fused-ring (bicyclic) bond motifs is 3. The Morgan fingerprint density at radius 1 is 0.503 bits per heavy atom. The van der Waals surface area contributed by atoms with Crippen LogP contribution in [0.3, 0.4) is 0 Å². The predicted molar refractivity (Wildman–Crippen MR) is 605 cm³/mol. The molecule has 147 heavy (non-hydrogen) atoms. The Morgan fingerprint density at radius 2 is 0.850 bits per heavy atom. The standard InChI is InChI=1S/C8H15NO.C7H14N2O2.C7H16N2O.C7H14N2.C7H13NO3.C7H15NO2S.C7H15NO2.C7H13NO.C7H15NO.2C6H13NO2.2C6H13NOS.C6H13NO.C5H12N2.C5H13N/c1-6(10)8(2,3)7-4-9-5-7;8-5-7(6(9)10)1-3-11-4-2-7;1-7(2,4-5-8)6(10)9-3;8-7-5-9-3-1-6(7)2-4-9;8-5-7(6(9)10)1-3-11-4-2-7;1-11(10)4-2-7(9,6-8)3-5-11;1-7(2,4-5-8)6(9)10-3;8-6-5-7(6)1-3-9-4-2-7;1-6(9)7(2,3)4-5-8;7-5-6(8)1-3-9-4-2-6;1-6(2,3-4-7)5(8)9;2*1-9(2,8)6-3-5(7)4-6;1-5(8)6(2,3)4-7;6-7-4-2-1-3-5-7;1-5(2,3)4-6/h7,9H,4-5H2,1-3H3;1-5,8H2,(H2,9,10);4-5,8H2,1-3H3,(H,9,10);6-7H,1-5,8H2;1-5,8H2,(H,9,10);9H,1-6,8H2;4-5,8H2,1-3H3;6H,1-5,8H2;4-5,8H2,1-3H3;8H,1-5,7H2;3-4,7H2,1-2H3,(H,8,9);2*5-6H,1,3-4,7H2,2H3;4,7H2,1-3H3;1-6H2;4,6H2,1-3H3. The number of rotatable bonds is 24. The number of aliphatic hydroxyl groups is 2. The highest BCUT2D eigenvalue weighted by Crippen LogP contribution is 2.52. The summed E-state index contributed by atoms with van der Waals surface area (Å²) in [4.78, 5) is 89.1. The van der Waals surface area contributed by atoms with Gasteiger partial charge in [0.2, 0.25) is 11.8 Å². The molecule has 40 nitrogen and oxygen atoms in total. The Kier molecular flexibility index (Phi) is 72.4. The number of aliphatic carboxylic acids is 2. The van der Waals surface area contributed by atoms with Crippen LogP contribution in [0.1, 0.15) is 279 Å². The van der Waals surface area contributed by atoms with E-state index >= 15 is 0 Å². The maximum Gasteiger partial charge on any atom is 0.311 e. The molecule has 13 rings (SSSR count). The summed E-state index contributed by atoms with van der Waals surface area (Å²) < 4.78 is 58.7. The van der Waals surface area contributed by atoms with Crippen LogP contribution in [-0.2, 0) is 90.6 Å². The third-order valence-electron chi connectivity index (χ3n) is 30.2. The first kappa shape index (κ1) is 149. The number of esters is 1. The third-order valence-corrected chi connectivity index (χ3v) is 35.7. The Bertz CT molecular complexity index is 3850. The van der Waals surface area contributed by atoms with Crippen molar-refractivity contribution in [2.24, 2.45) is 158 Å². The summed E-state index contributed by atoms with van der Waals surface area (Å²) in [6.45, 7) is 51.4. The molecule has 13 aliphatic rings. The van der Waals surface area contributed by atoms with Crippen LogP contribution >= 0.6 is 0 Å². The molecule has 3 saturated carbocycles. The number of primary amides is 1. The van der Waals surface area contributed by atoms with Crippen molar-refractivity contribution in [3.05, 3.63) is 0 Å². The Hall–Kier alpha value is -4.54. The fourth-order valence-corrected chi connectivity index (χ4v) is 19.5. The highest BCUT2D eigenvalue weighted by atomic mass is 32.2. The van der Waals surface area contributed by atoms with Gasteiger partial charge in [-0.3, -0.25) is 56.8 Å². The van der Waals surface area contributed by atoms with Gasteiger partial charge in [0, 0.05) is 219 Å². The zero-order valence-corrected chi connectivity index (χ0v) is 97.9. The summed E-state index contributed by atoms with van der Waals surface area (Å²) in [7, 11) is -2.41. The molecule has 0 aromatic heterocycles. The number of carboxylic acid groups (broad SMARTS) is 2. The molecule has 0 radical (unpaired) electrons. The second-order valence-electron chi connectivity index (χ2n) is 46.9. The van der Waals surface area contributed by atoms with E-state index in [-0.39, 0.29) is 76.2 Å². The maximum atomic E-state index is 11.3. The number of nitrogens with zero attached hydrogens (tertiary/aromatic N) is 2. The summed E-state index contributed by atoms with van der Waals surface area (Å²) in [5, 5.41) is 44.7. The number of Topliss-reactive ketones (excluding diaryl/α,β-unsaturated/α-hetero) is 3. The number of hydrogen-bond donors (Lipinski definition) is 22. The van der Waals surface area contributed by atoms with Crippen molar-refractivity contribution < 1.29 is 95.1 Å². The maximum absolute atomic E-state index is 11.3. The number of nitrogens with two attached hydrogens (primary N) is 16. The van der Waals surface area contributed by atoms with Gasteiger partial charge in [0.05, 0.1) is 40.0 Å². The average Bonchev–Trinajstić information content (AvgIpc) is 1.61. The number of carbonyl (C=O) groups is 8. The van der Waals surface area contributed by atoms with Crippen molar-refractivity contribution in [2.75, 3.05) is 202 Å². The molecule has 2 amide bonds. The number of amides is 2. The Morgan fingerprint density at radius 3 is 1.03 bits per heavy atom. The molecule has 0 aromatic carbocycles. The summed E-state index contributed by atoms with van der Waals surface area (Å²) in [5.74, 6) is 17.4. The van der Waals surface area contributed by atoms with Crippen molar-refractivity contribution >= 4 is 93.2 Å². The summed E-state index contributed by atoms with van der Waals surface area (Å²) in [6, 6.07) is 1.57. The van der Waals surface area contributed by atoms with Crippen LogP contribution in [-0.4, -0.2) is 356 Å². The van der Waals surface area contributed by atoms with E-state index in [2.05, 4.69) is 58.7 Å². The van der Waals surface area contributed by atoms with Crippen LogP contribution in [0.4, 0.5) is 0 Å². The molecular weight excluding hydrogens is 1950 g/mol. The highest BCUT2D eigenvalue weighted by molar-refractivity contribution is 8.00. The fraction of sp³-hybridized carbons (Fsp3) is 0.894. The summed E-state index contributed by atoms with van der Waals surface area (Å²) in [6.07, 6.45) is 24.9. The molecule has 874 valence electrons. The first-order chi connectivity index (χ1) is 67.5. The number of nitrogens with one attached hydrogen (secondary N) is 2. The van der Waals surface area contributed by atoms with E-state index in [4.69, 9.17) is 121 Å². The minimum atomic E-state index is -1.88. The molecule has 43 heteroatoms. The molecule has 2 bridgehead atoms. The van der Waals surface area contributed by atoms with Crippen LogP contribution in [0.15, 0.2) is 0 Å². The van der Waals surface area contributed by atoms with E-state index in [1.165, 1.54) is 71.6 Å². The number of methoxy groups -OCH3 is 1. The molecule has 4 unspecified atom stereocenters. The van der Waals surface area contributed by atoms with Crippen LogP contribution in [0.5, 0.6) is 0 Å². The topological polar surface area (TPSA) is 762 Å². The predicted octanol–water partition coefficient (Wildman–Crippen LogP) is 2.68. The summed E-state index contributed by atoms with van der Waals surface area (Å²) >= 11 is 0. The molecular formula is C104H220N20O20S3. The van der Waals surface area contributed by atoms with Gasteiger partial charge in [0.25, 0.3) is 0 Å². The van der Waals surface area contributed by atoms with Gasteiger partial charge in [-0.25, -0.2) is 5.01 Å². The van der Waals surface area contributed by atoms with Gasteiger partial charge >= 0.3 is 17.9 Å². The van der Waals surface area contributed by atoms with Crippen molar-refractivity contribution in [2.45, 2.75) is 325 Å². The number of piperidine rings is 4. The van der Waals surface area contributed by atoms with Gasteiger partial charge in [-0.15, -0.1) is 0 Å². The first-order valence-electron chi connectivity index (χ1n) is 52.7. The van der Waals surface area contributed by atoms with E-state index in [0.29, 0.717) is 206 Å². The SMILES string of the molecule is C=S(C)(=O)C1CC(N)C1.C=S(C)(=O)C1CC(N)C1.C=S1(=O)CCC(O)(CN)CC1.CC(=O)C(C)(C)C1CNC1.CC(=O)C(C)(C)CCN.CC(=O)C(C)(C)CN.CC(C)(C)CN.CC(C)(CCN)C(=O)O.CNC(=O)C(C)(C)CCN.COC(=O)C(C)(C)CCN.NC1CC12CCOCC2.NC1CN2CCC1CC2.NCC1(C(=O)O)CCOCC1.NCC1(C(N)=O)CCOCC1.NCC1(O)CCOCC1.NN1CCCCC1. The van der Waals surface area contributed by atoms with Crippen molar-refractivity contribution in [1.82, 2.24) is 20.5 Å². The molecule has 0 aromatic rings. The lowest BCUT2D eigenvalue weighted by molar-refractivity contribution is -0.154. The first-order valence-corrected chi connectivity index (χ1v) is 59.2. The van der Waals surface area contributed by atoms with Crippen LogP contribution in [0, 0.1) is 66.0 Å². The minimum Gasteiger partial charge on any atom is -0.481 e. The molecule has 10 heterocycles. The quantitative estimate of drug-likeness (QED) is 0.0375. The number of hydrogen-bond acceptors (Lipinski definition) is 36. The van der Waals surface area contributed by atoms with E-state index < -0.39 is 73.4 Å². The summed E-state index contributed by atoms with van der Waals surface area (Å²) in [5.41, 5.74) is 77.4. The largest absolute Gasteiger partial charge is 0.481 e. The van der Waals surface area contributed by atoms with Crippen LogP contribution in [0.25, 0.3) is 0 Å². The molecule has 3 aliphatic carbocycles. The van der Waals surface area contributed by atoms with Crippen molar-refractivity contribution in [1.29, 1.82) is 0 Å². The normalized spacial score (nSPS) is 25.5. The van der Waals surface area contributed by atoms with Crippen molar-refractivity contribution in [3.8, 4) is 0 Å². The lowest BCUT2D eigenvalue weighted by Gasteiger charge is -2.43. The van der Waals surface area contributed by atoms with Gasteiger partial charge in [-0.1, -0.05) is 82.6 Å². The number of carboxylic acids is 2. The second-order valence-corrected chi connectivity index (χ2v) is 55.3. The van der Waals surface area contributed by atoms with Gasteiger partial charge < -0.3 is 146 Å². The van der Waals surface area contributed by atoms with E-state index in [0.717, 1.165) is 96.9 Å². The van der Waals surface area contributed by atoms with E-state index in [1.54, 1.807) is 54.2 Å². The van der Waals surface area contributed by atoms with Crippen molar-refractivity contribution in [3.63, 3.8) is 0 Å². The third kappa shape index (κ3) is 62.1.